The van der Waals surface area contributed by atoms with E-state index in [0.29, 0.717) is 6.54 Å². The molecule has 0 aliphatic heterocycles. The molecule has 0 amide bonds. The van der Waals surface area contributed by atoms with E-state index in [9.17, 15) is 10.1 Å². The number of nitro benzene ring substituents is 1. The van der Waals surface area contributed by atoms with Gasteiger partial charge >= 0.3 is 0 Å². The molecule has 1 aromatic carbocycles. The van der Waals surface area contributed by atoms with E-state index in [1.54, 1.807) is 18.2 Å². The molecule has 0 aliphatic carbocycles. The predicted molar refractivity (Wildman–Crippen MR) is 77.9 cm³/mol. The molecule has 1 N–H and O–H groups in total. The second kappa shape index (κ2) is 7.10. The fourth-order valence-corrected chi connectivity index (χ4v) is 1.60. The molecule has 1 aromatic heterocycles. The van der Waals surface area contributed by atoms with Crippen molar-refractivity contribution < 1.29 is 4.92 Å². The fraction of sp³-hybridized carbons (Fsp3) is 0.214. The summed E-state index contributed by atoms with van der Waals surface area (Å²) in [5.74, 6) is 0. The van der Waals surface area contributed by atoms with Gasteiger partial charge in [-0.15, -0.1) is 6.58 Å². The molecule has 2 aromatic rings. The lowest BCUT2D eigenvalue weighted by atomic mass is 10.2. The maximum atomic E-state index is 10.6. The van der Waals surface area contributed by atoms with Gasteiger partial charge in [0.1, 0.15) is 0 Å². The van der Waals surface area contributed by atoms with Gasteiger partial charge in [-0.25, -0.2) is 0 Å². The van der Waals surface area contributed by atoms with Crippen molar-refractivity contribution in [3.05, 3.63) is 53.2 Å². The molecule has 0 spiro atoms. The van der Waals surface area contributed by atoms with Crippen LogP contribution in [0.25, 0.3) is 10.9 Å². The molecule has 5 nitrogen and oxygen atoms in total. The summed E-state index contributed by atoms with van der Waals surface area (Å²) in [6.45, 7) is 6.31. The molecule has 1 heterocycles. The number of nitrogens with one attached hydrogen (secondary N) is 1. The van der Waals surface area contributed by atoms with Gasteiger partial charge in [-0.1, -0.05) is 13.0 Å². The van der Waals surface area contributed by atoms with Crippen molar-refractivity contribution in [2.24, 2.45) is 0 Å². The summed E-state index contributed by atoms with van der Waals surface area (Å²) in [6.07, 6.45) is 5.93. The first kappa shape index (κ1) is 14.6. The first-order valence-electron chi connectivity index (χ1n) is 5.97. The zero-order valence-corrected chi connectivity index (χ0v) is 10.9. The zero-order valence-electron chi connectivity index (χ0n) is 10.9. The quantitative estimate of drug-likeness (QED) is 0.393. The molecule has 0 radical (unpaired) electrons. The molecule has 19 heavy (non-hydrogen) atoms. The van der Waals surface area contributed by atoms with Crippen molar-refractivity contribution in [2.45, 2.75) is 19.9 Å². The number of non-ortho nitro benzene ring substituents is 1. The molecule has 5 heteroatoms. The first-order chi connectivity index (χ1) is 9.13. The molecule has 0 bridgehead atoms. The van der Waals surface area contributed by atoms with E-state index >= 15 is 0 Å². The molecule has 2 rings (SSSR count). The Morgan fingerprint density at radius 2 is 2.16 bits per heavy atom. The molecule has 0 atom stereocenters. The summed E-state index contributed by atoms with van der Waals surface area (Å²) in [7, 11) is 0. The number of aromatic nitrogens is 1. The van der Waals surface area contributed by atoms with Gasteiger partial charge in [0.2, 0.25) is 0 Å². The van der Waals surface area contributed by atoms with Crippen LogP contribution in [-0.2, 0) is 6.54 Å². The Bertz CT molecular complexity index is 587. The summed E-state index contributed by atoms with van der Waals surface area (Å²) in [5.41, 5.74) is 1.11. The van der Waals surface area contributed by atoms with Crippen LogP contribution < -0.4 is 0 Å². The van der Waals surface area contributed by atoms with E-state index in [1.807, 2.05) is 23.8 Å². The van der Waals surface area contributed by atoms with Gasteiger partial charge in [0, 0.05) is 35.8 Å². The Morgan fingerprint density at radius 1 is 1.47 bits per heavy atom. The lowest BCUT2D eigenvalue weighted by molar-refractivity contribution is -0.384. The van der Waals surface area contributed by atoms with E-state index in [4.69, 9.17) is 5.41 Å². The van der Waals surface area contributed by atoms with Gasteiger partial charge in [0.05, 0.1) is 4.92 Å². The highest BCUT2D eigenvalue weighted by Crippen LogP contribution is 2.21. The van der Waals surface area contributed by atoms with E-state index in [-0.39, 0.29) is 10.6 Å². The summed E-state index contributed by atoms with van der Waals surface area (Å²) < 4.78 is 1.99. The van der Waals surface area contributed by atoms with Crippen molar-refractivity contribution in [2.75, 3.05) is 0 Å². The van der Waals surface area contributed by atoms with Crippen molar-refractivity contribution >= 4 is 22.8 Å². The molecule has 100 valence electrons. The Hall–Kier alpha value is -2.43. The highest BCUT2D eigenvalue weighted by Gasteiger charge is 2.07. The Kier molecular flexibility index (Phi) is 5.47. The highest BCUT2D eigenvalue weighted by atomic mass is 16.6. The van der Waals surface area contributed by atoms with Crippen LogP contribution in [0.4, 0.5) is 5.69 Å². The second-order valence-electron chi connectivity index (χ2n) is 3.87. The monoisotopic (exact) mass is 259 g/mol. The number of nitrogens with zero attached hydrogens (tertiary/aromatic N) is 2. The van der Waals surface area contributed by atoms with Crippen LogP contribution in [-0.4, -0.2) is 15.7 Å². The number of rotatable bonds is 4. The second-order valence-corrected chi connectivity index (χ2v) is 3.87. The van der Waals surface area contributed by atoms with Crippen LogP contribution in [0.2, 0.25) is 0 Å². The SMILES string of the molecule is C=CCn1ccc2cc([N+](=O)[O-])ccc21.CCC=N. The maximum Gasteiger partial charge on any atom is 0.270 e. The largest absolute Gasteiger partial charge is 0.344 e. The van der Waals surface area contributed by atoms with Crippen molar-refractivity contribution in [3.8, 4) is 0 Å². The molecule has 0 saturated carbocycles. The van der Waals surface area contributed by atoms with Crippen LogP contribution in [0.15, 0.2) is 43.1 Å². The van der Waals surface area contributed by atoms with E-state index in [0.717, 1.165) is 17.3 Å². The van der Waals surface area contributed by atoms with Crippen molar-refractivity contribution in [1.82, 2.24) is 4.57 Å². The van der Waals surface area contributed by atoms with Crippen LogP contribution in [0.5, 0.6) is 0 Å². The molecular formula is C14H17N3O2. The topological polar surface area (TPSA) is 71.9 Å². The number of allylic oxidation sites excluding steroid dienone is 1. The molecule has 0 unspecified atom stereocenters. The summed E-state index contributed by atoms with van der Waals surface area (Å²) in [4.78, 5) is 10.2. The average molecular weight is 259 g/mol. The van der Waals surface area contributed by atoms with Crippen LogP contribution in [0.1, 0.15) is 13.3 Å². The molecule has 0 aliphatic rings. The minimum Gasteiger partial charge on any atom is -0.344 e. The first-order valence-corrected chi connectivity index (χ1v) is 5.97. The summed E-state index contributed by atoms with van der Waals surface area (Å²) in [6, 6.07) is 6.72. The normalized spacial score (nSPS) is 9.53. The standard InChI is InChI=1S/C11H10N2O2.C3H7N/c1-2-6-12-7-5-9-8-10(13(14)15)3-4-11(9)12;1-2-3-4/h2-5,7-8H,1,6H2;3-4H,2H2,1H3. The number of fused-ring (bicyclic) bond motifs is 1. The minimum atomic E-state index is -0.385. The van der Waals surface area contributed by atoms with Crippen LogP contribution in [0, 0.1) is 15.5 Å². The third-order valence-corrected chi connectivity index (χ3v) is 2.50. The Morgan fingerprint density at radius 3 is 2.68 bits per heavy atom. The van der Waals surface area contributed by atoms with E-state index < -0.39 is 0 Å². The third-order valence-electron chi connectivity index (χ3n) is 2.50. The third kappa shape index (κ3) is 3.77. The maximum absolute atomic E-state index is 10.6. The summed E-state index contributed by atoms with van der Waals surface area (Å²) in [5, 5.41) is 17.8. The fourth-order valence-electron chi connectivity index (χ4n) is 1.60. The van der Waals surface area contributed by atoms with Crippen molar-refractivity contribution in [1.29, 1.82) is 5.41 Å². The van der Waals surface area contributed by atoms with Gasteiger partial charge in [-0.2, -0.15) is 0 Å². The average Bonchev–Trinajstić information content (AvgIpc) is 2.82. The Labute approximate surface area is 111 Å². The molecular weight excluding hydrogens is 242 g/mol. The number of hydrogen-bond donors (Lipinski definition) is 1. The number of nitro groups is 1. The lowest BCUT2D eigenvalue weighted by Crippen LogP contribution is -1.92. The zero-order chi connectivity index (χ0) is 14.3. The van der Waals surface area contributed by atoms with E-state index in [2.05, 4.69) is 6.58 Å². The van der Waals surface area contributed by atoms with Crippen molar-refractivity contribution in [3.63, 3.8) is 0 Å². The van der Waals surface area contributed by atoms with E-state index in [1.165, 1.54) is 12.3 Å². The van der Waals surface area contributed by atoms with Crippen LogP contribution >= 0.6 is 0 Å². The van der Waals surface area contributed by atoms with Gasteiger partial charge in [-0.05, 0) is 24.8 Å². The highest BCUT2D eigenvalue weighted by molar-refractivity contribution is 5.82. The Balaban J connectivity index is 0.000000399. The molecule has 0 saturated heterocycles. The smallest absolute Gasteiger partial charge is 0.270 e. The van der Waals surface area contributed by atoms with Gasteiger partial charge in [0.25, 0.3) is 5.69 Å². The van der Waals surface area contributed by atoms with Gasteiger partial charge < -0.3 is 9.98 Å². The molecule has 0 fully saturated rings. The van der Waals surface area contributed by atoms with Gasteiger partial charge in [-0.3, -0.25) is 10.1 Å². The lowest BCUT2D eigenvalue weighted by Gasteiger charge is -2.00. The predicted octanol–water partition coefficient (Wildman–Crippen LogP) is 3.78. The summed E-state index contributed by atoms with van der Waals surface area (Å²) >= 11 is 0. The van der Waals surface area contributed by atoms with Crippen LogP contribution in [0.3, 0.4) is 0 Å². The number of benzene rings is 1. The van der Waals surface area contributed by atoms with Gasteiger partial charge in [0.15, 0.2) is 0 Å². The minimum absolute atomic E-state index is 0.124. The number of hydrogen-bond acceptors (Lipinski definition) is 3.